The van der Waals surface area contributed by atoms with Crippen molar-refractivity contribution in [2.24, 2.45) is 0 Å². The number of fused-ring (bicyclic) bond motifs is 2. The third-order valence-electron chi connectivity index (χ3n) is 7.52. The zero-order valence-corrected chi connectivity index (χ0v) is 23.5. The summed E-state index contributed by atoms with van der Waals surface area (Å²) in [6.07, 6.45) is 4.39. The second-order valence-electron chi connectivity index (χ2n) is 10.1. The number of rotatable bonds is 6. The molecule has 2 aromatic carbocycles. The van der Waals surface area contributed by atoms with Crippen LogP contribution in [0.5, 0.6) is 0 Å². The van der Waals surface area contributed by atoms with Crippen LogP contribution in [0.4, 0.5) is 16.1 Å². The lowest BCUT2D eigenvalue weighted by atomic mass is 9.88. The van der Waals surface area contributed by atoms with Crippen LogP contribution in [-0.2, 0) is 10.0 Å². The van der Waals surface area contributed by atoms with Crippen LogP contribution in [-0.4, -0.2) is 57.7 Å². The number of carbonyl (C=O) groups excluding carboxylic acids is 1. The second-order valence-corrected chi connectivity index (χ2v) is 12.2. The van der Waals surface area contributed by atoms with Crippen molar-refractivity contribution in [2.45, 2.75) is 18.8 Å². The van der Waals surface area contributed by atoms with Crippen LogP contribution in [0.25, 0.3) is 33.5 Å². The van der Waals surface area contributed by atoms with Gasteiger partial charge in [-0.1, -0.05) is 0 Å². The van der Waals surface area contributed by atoms with Gasteiger partial charge < -0.3 is 19.1 Å². The number of hydrogen-bond donors (Lipinski definition) is 1. The Balaban J connectivity index is 1.50. The lowest BCUT2D eigenvalue weighted by Crippen LogP contribution is -2.35. The first-order valence-electron chi connectivity index (χ1n) is 13.1. The van der Waals surface area contributed by atoms with Crippen molar-refractivity contribution >= 4 is 49.8 Å². The normalized spacial score (nSPS) is 15.9. The summed E-state index contributed by atoms with van der Waals surface area (Å²) in [5.74, 6) is -0.629. The number of anilines is 2. The number of amides is 1. The van der Waals surface area contributed by atoms with Crippen molar-refractivity contribution in [2.75, 3.05) is 42.6 Å². The molecule has 5 aromatic rings. The Hall–Kier alpha value is -4.45. The molecule has 1 saturated heterocycles. The van der Waals surface area contributed by atoms with E-state index in [0.717, 1.165) is 24.7 Å². The Morgan fingerprint density at radius 2 is 1.93 bits per heavy atom. The summed E-state index contributed by atoms with van der Waals surface area (Å²) in [5.41, 5.74) is 3.47. The highest BCUT2D eigenvalue weighted by atomic mass is 32.2. The summed E-state index contributed by atoms with van der Waals surface area (Å²) >= 11 is 0. The maximum absolute atomic E-state index is 13.7. The van der Waals surface area contributed by atoms with Crippen molar-refractivity contribution in [1.29, 1.82) is 0 Å². The number of halogens is 1. The zero-order valence-electron chi connectivity index (χ0n) is 22.7. The molecule has 41 heavy (non-hydrogen) atoms. The molecule has 0 spiro atoms. The third-order valence-corrected chi connectivity index (χ3v) is 8.71. The van der Waals surface area contributed by atoms with Crippen molar-refractivity contribution in [3.05, 3.63) is 71.7 Å². The lowest BCUT2D eigenvalue weighted by Gasteiger charge is -2.34. The number of carbonyl (C=O) groups is 1. The van der Waals surface area contributed by atoms with Gasteiger partial charge in [0.1, 0.15) is 17.2 Å². The SMILES string of the molecule is CNC(=O)c1c(-c2ccc(F)cc2)oc2cc(N(C)S(C)(=O)=O)c([C@@H]3CCCN(c4nc5ncccc5o4)C3)cc12. The molecule has 1 atom stereocenters. The minimum absolute atomic E-state index is 0.114. The molecule has 10 nitrogen and oxygen atoms in total. The first-order valence-corrected chi connectivity index (χ1v) is 15.0. The summed E-state index contributed by atoms with van der Waals surface area (Å²) < 4.78 is 52.5. The number of nitrogens with zero attached hydrogens (tertiary/aromatic N) is 4. The van der Waals surface area contributed by atoms with E-state index < -0.39 is 15.8 Å². The minimum Gasteiger partial charge on any atom is -0.455 e. The van der Waals surface area contributed by atoms with Crippen molar-refractivity contribution < 1.29 is 26.4 Å². The molecule has 0 bridgehead atoms. The Morgan fingerprint density at radius 3 is 2.63 bits per heavy atom. The molecule has 1 aliphatic heterocycles. The van der Waals surface area contributed by atoms with E-state index in [0.29, 0.717) is 58.1 Å². The van der Waals surface area contributed by atoms with Gasteiger partial charge in [0.15, 0.2) is 5.58 Å². The van der Waals surface area contributed by atoms with Gasteiger partial charge in [-0.3, -0.25) is 9.10 Å². The van der Waals surface area contributed by atoms with Gasteiger partial charge in [0.25, 0.3) is 11.9 Å². The van der Waals surface area contributed by atoms with E-state index >= 15 is 0 Å². The molecular weight excluding hydrogens is 549 g/mol. The number of sulfonamides is 1. The predicted octanol–water partition coefficient (Wildman–Crippen LogP) is 4.91. The fourth-order valence-corrected chi connectivity index (χ4v) is 5.90. The molecule has 12 heteroatoms. The first kappa shape index (κ1) is 26.8. The fourth-order valence-electron chi connectivity index (χ4n) is 5.38. The molecule has 1 N–H and O–H groups in total. The van der Waals surface area contributed by atoms with Gasteiger partial charge in [0.05, 0.1) is 17.5 Å². The Bertz CT molecular complexity index is 1850. The van der Waals surface area contributed by atoms with Crippen LogP contribution in [0.1, 0.15) is 34.7 Å². The van der Waals surface area contributed by atoms with Crippen LogP contribution in [0, 0.1) is 5.82 Å². The van der Waals surface area contributed by atoms with Crippen LogP contribution < -0.4 is 14.5 Å². The van der Waals surface area contributed by atoms with Crippen molar-refractivity contribution in [3.8, 4) is 11.3 Å². The van der Waals surface area contributed by atoms with E-state index in [-0.39, 0.29) is 17.6 Å². The summed E-state index contributed by atoms with van der Waals surface area (Å²) in [7, 11) is -0.611. The number of benzene rings is 2. The first-order chi connectivity index (χ1) is 19.6. The highest BCUT2D eigenvalue weighted by molar-refractivity contribution is 7.92. The molecule has 0 unspecified atom stereocenters. The third kappa shape index (κ3) is 4.88. The lowest BCUT2D eigenvalue weighted by molar-refractivity contribution is 0.0964. The van der Waals surface area contributed by atoms with Crippen molar-refractivity contribution in [3.63, 3.8) is 0 Å². The molecule has 0 aliphatic carbocycles. The highest BCUT2D eigenvalue weighted by Crippen LogP contribution is 2.42. The van der Waals surface area contributed by atoms with E-state index in [1.54, 1.807) is 18.3 Å². The highest BCUT2D eigenvalue weighted by Gasteiger charge is 2.31. The Kier molecular flexibility index (Phi) is 6.65. The number of aromatic nitrogens is 2. The van der Waals surface area contributed by atoms with E-state index in [2.05, 4.69) is 15.3 Å². The predicted molar refractivity (Wildman–Crippen MR) is 154 cm³/mol. The van der Waals surface area contributed by atoms with E-state index in [9.17, 15) is 17.6 Å². The summed E-state index contributed by atoms with van der Waals surface area (Å²) in [5, 5.41) is 3.20. The summed E-state index contributed by atoms with van der Waals surface area (Å²) in [6.45, 7) is 1.23. The number of hydrogen-bond acceptors (Lipinski definition) is 8. The molecule has 0 radical (unpaired) electrons. The molecule has 4 heterocycles. The van der Waals surface area contributed by atoms with Gasteiger partial charge in [-0.25, -0.2) is 17.8 Å². The average molecular weight is 578 g/mol. The van der Waals surface area contributed by atoms with Crippen LogP contribution in [0.3, 0.4) is 0 Å². The second kappa shape index (κ2) is 10.2. The largest absolute Gasteiger partial charge is 0.455 e. The topological polar surface area (TPSA) is 122 Å². The quantitative estimate of drug-likeness (QED) is 0.302. The van der Waals surface area contributed by atoms with Crippen LogP contribution >= 0.6 is 0 Å². The Morgan fingerprint density at radius 1 is 1.15 bits per heavy atom. The van der Waals surface area contributed by atoms with Crippen LogP contribution in [0.15, 0.2) is 63.6 Å². The maximum atomic E-state index is 13.7. The number of oxazole rings is 1. The smallest absolute Gasteiger partial charge is 0.299 e. The van der Waals surface area contributed by atoms with Crippen LogP contribution in [0.2, 0.25) is 0 Å². The zero-order chi connectivity index (χ0) is 28.9. The monoisotopic (exact) mass is 577 g/mol. The molecule has 1 amide bonds. The number of pyridine rings is 1. The van der Waals surface area contributed by atoms with Gasteiger partial charge in [-0.05, 0) is 60.9 Å². The van der Waals surface area contributed by atoms with E-state index in [4.69, 9.17) is 8.83 Å². The number of nitrogens with one attached hydrogen (secondary N) is 1. The molecular formula is C29H28FN5O5S. The van der Waals surface area contributed by atoms with Gasteiger partial charge in [0.2, 0.25) is 15.7 Å². The molecule has 1 aliphatic rings. The Labute approximate surface area is 235 Å². The molecule has 212 valence electrons. The number of furan rings is 1. The average Bonchev–Trinajstić information content (AvgIpc) is 3.57. The standard InChI is InChI=1S/C29H28FN5O5S/c1-31-28(36)25-21-14-20(18-6-5-13-35(16-18)29-33-27-23(40-29)7-4-12-32-27)22(34(2)41(3,37)38)15-24(21)39-26(25)17-8-10-19(30)11-9-17/h4,7-12,14-15,18H,5-6,13,16H2,1-3H3,(H,31,36)/t18-/m1/s1. The maximum Gasteiger partial charge on any atom is 0.299 e. The minimum atomic E-state index is -3.63. The van der Waals surface area contributed by atoms with E-state index in [1.165, 1.54) is 42.7 Å². The van der Waals surface area contributed by atoms with Gasteiger partial charge in [-0.15, -0.1) is 0 Å². The summed E-state index contributed by atoms with van der Waals surface area (Å²) in [6, 6.07) is 13.2. The number of piperidine rings is 1. The molecule has 3 aromatic heterocycles. The van der Waals surface area contributed by atoms with Gasteiger partial charge >= 0.3 is 0 Å². The van der Waals surface area contributed by atoms with Crippen molar-refractivity contribution in [1.82, 2.24) is 15.3 Å². The van der Waals surface area contributed by atoms with Gasteiger partial charge in [-0.2, -0.15) is 4.98 Å². The summed E-state index contributed by atoms with van der Waals surface area (Å²) in [4.78, 5) is 24.0. The molecule has 6 rings (SSSR count). The van der Waals surface area contributed by atoms with E-state index in [1.807, 2.05) is 17.0 Å². The molecule has 1 fully saturated rings. The van der Waals surface area contributed by atoms with Gasteiger partial charge in [0, 0.05) is 56.3 Å². The molecule has 0 saturated carbocycles. The fraction of sp³-hybridized carbons (Fsp3) is 0.276.